The minimum absolute atomic E-state index is 0.0447. The monoisotopic (exact) mass is 390 g/mol. The summed E-state index contributed by atoms with van der Waals surface area (Å²) in [4.78, 5) is 11.9. The van der Waals surface area contributed by atoms with E-state index in [2.05, 4.69) is 19.7 Å². The van der Waals surface area contributed by atoms with Gasteiger partial charge in [0.1, 0.15) is 12.9 Å². The topological polar surface area (TPSA) is 94.1 Å². The first-order chi connectivity index (χ1) is 12.5. The predicted molar refractivity (Wildman–Crippen MR) is 97.6 cm³/mol. The van der Waals surface area contributed by atoms with E-state index < -0.39 is 10.0 Å². The van der Waals surface area contributed by atoms with Crippen molar-refractivity contribution in [1.82, 2.24) is 15.0 Å². The van der Waals surface area contributed by atoms with Crippen molar-refractivity contribution in [2.24, 2.45) is 0 Å². The fraction of sp³-hybridized carbons (Fsp3) is 0.118. The standard InChI is InChI=1S/C17H15ClN4O3S/c1-12-14(18)5-2-6-16(12)26(23,24)22-17-15(9-20-11-21-17)25-10-13-4-3-7-19-8-13/h2-9,11H,10H2,1H3,(H,20,21,22). The number of hydrogen-bond donors (Lipinski definition) is 1. The first-order valence-corrected chi connectivity index (χ1v) is 9.43. The van der Waals surface area contributed by atoms with Gasteiger partial charge in [-0.25, -0.2) is 18.4 Å². The highest BCUT2D eigenvalue weighted by atomic mass is 35.5. The molecule has 2 aromatic heterocycles. The van der Waals surface area contributed by atoms with Crippen LogP contribution >= 0.6 is 11.6 Å². The van der Waals surface area contributed by atoms with Crippen LogP contribution in [0, 0.1) is 6.92 Å². The van der Waals surface area contributed by atoms with Gasteiger partial charge >= 0.3 is 0 Å². The normalized spacial score (nSPS) is 11.2. The van der Waals surface area contributed by atoms with E-state index in [0.717, 1.165) is 5.56 Å². The van der Waals surface area contributed by atoms with Gasteiger partial charge in [0.25, 0.3) is 10.0 Å². The number of benzene rings is 1. The molecule has 0 spiro atoms. The second-order valence-corrected chi connectivity index (χ2v) is 7.41. The van der Waals surface area contributed by atoms with Gasteiger partial charge in [-0.3, -0.25) is 9.71 Å². The van der Waals surface area contributed by atoms with Crippen molar-refractivity contribution in [1.29, 1.82) is 0 Å². The van der Waals surface area contributed by atoms with Crippen LogP contribution in [0.2, 0.25) is 5.02 Å². The number of ether oxygens (including phenoxy) is 1. The number of sulfonamides is 1. The lowest BCUT2D eigenvalue weighted by atomic mass is 10.2. The molecule has 0 radical (unpaired) electrons. The summed E-state index contributed by atoms with van der Waals surface area (Å²) in [5, 5.41) is 0.364. The van der Waals surface area contributed by atoms with E-state index in [4.69, 9.17) is 16.3 Å². The molecule has 9 heteroatoms. The predicted octanol–water partition coefficient (Wildman–Crippen LogP) is 3.21. The molecule has 1 N–H and O–H groups in total. The molecular formula is C17H15ClN4O3S. The maximum absolute atomic E-state index is 12.7. The Hall–Kier alpha value is -2.71. The highest BCUT2D eigenvalue weighted by Gasteiger charge is 2.21. The second kappa shape index (κ2) is 7.67. The molecule has 0 saturated heterocycles. The lowest BCUT2D eigenvalue weighted by Gasteiger charge is -2.13. The zero-order chi connectivity index (χ0) is 18.6. The van der Waals surface area contributed by atoms with E-state index in [-0.39, 0.29) is 23.1 Å². The quantitative estimate of drug-likeness (QED) is 0.694. The molecule has 0 bridgehead atoms. The Morgan fingerprint density at radius 1 is 1.15 bits per heavy atom. The molecule has 1 aromatic carbocycles. The molecule has 3 rings (SSSR count). The molecule has 0 aliphatic rings. The molecule has 3 aromatic rings. The SMILES string of the molecule is Cc1c(Cl)cccc1S(=O)(=O)Nc1ncncc1OCc1cccnc1. The van der Waals surface area contributed by atoms with Crippen LogP contribution in [0.5, 0.6) is 5.75 Å². The third kappa shape index (κ3) is 4.09. The van der Waals surface area contributed by atoms with Gasteiger partial charge in [-0.2, -0.15) is 0 Å². The van der Waals surface area contributed by atoms with Gasteiger partial charge in [0.05, 0.1) is 11.1 Å². The van der Waals surface area contributed by atoms with Crippen LogP contribution in [0.4, 0.5) is 5.82 Å². The average molecular weight is 391 g/mol. The van der Waals surface area contributed by atoms with E-state index in [0.29, 0.717) is 10.6 Å². The summed E-state index contributed by atoms with van der Waals surface area (Å²) in [5.74, 6) is 0.253. The van der Waals surface area contributed by atoms with Gasteiger partial charge in [0.2, 0.25) is 0 Å². The maximum Gasteiger partial charge on any atom is 0.263 e. The zero-order valence-electron chi connectivity index (χ0n) is 13.8. The molecular weight excluding hydrogens is 376 g/mol. The molecule has 0 saturated carbocycles. The Morgan fingerprint density at radius 2 is 2.00 bits per heavy atom. The molecule has 0 amide bonds. The summed E-state index contributed by atoms with van der Waals surface area (Å²) in [7, 11) is -3.89. The first kappa shape index (κ1) is 18.1. The Bertz CT molecular complexity index is 1010. The summed E-state index contributed by atoms with van der Waals surface area (Å²) in [6, 6.07) is 8.30. The number of aromatic nitrogens is 3. The Kier molecular flexibility index (Phi) is 5.34. The van der Waals surface area contributed by atoms with Gasteiger partial charge in [0.15, 0.2) is 11.6 Å². The number of hydrogen-bond acceptors (Lipinski definition) is 6. The summed E-state index contributed by atoms with van der Waals surface area (Å²) < 4.78 is 33.5. The van der Waals surface area contributed by atoms with E-state index in [1.807, 2.05) is 6.07 Å². The number of nitrogens with zero attached hydrogens (tertiary/aromatic N) is 3. The molecule has 134 valence electrons. The van der Waals surface area contributed by atoms with Crippen LogP contribution in [0.25, 0.3) is 0 Å². The molecule has 0 fully saturated rings. The van der Waals surface area contributed by atoms with Crippen LogP contribution in [-0.2, 0) is 16.6 Å². The average Bonchev–Trinajstić information content (AvgIpc) is 2.64. The van der Waals surface area contributed by atoms with Crippen molar-refractivity contribution in [2.75, 3.05) is 4.72 Å². The summed E-state index contributed by atoms with van der Waals surface area (Å²) in [5.41, 5.74) is 1.28. The number of nitrogens with one attached hydrogen (secondary N) is 1. The van der Waals surface area contributed by atoms with Crippen molar-refractivity contribution in [3.63, 3.8) is 0 Å². The smallest absolute Gasteiger partial charge is 0.263 e. The van der Waals surface area contributed by atoms with Crippen LogP contribution in [-0.4, -0.2) is 23.4 Å². The fourth-order valence-corrected chi connectivity index (χ4v) is 3.72. The van der Waals surface area contributed by atoms with Crippen LogP contribution in [0.1, 0.15) is 11.1 Å². The highest BCUT2D eigenvalue weighted by molar-refractivity contribution is 7.92. The van der Waals surface area contributed by atoms with Gasteiger partial charge in [0, 0.05) is 23.0 Å². The number of anilines is 1. The van der Waals surface area contributed by atoms with E-state index in [1.165, 1.54) is 18.6 Å². The zero-order valence-corrected chi connectivity index (χ0v) is 15.3. The molecule has 0 aliphatic carbocycles. The minimum Gasteiger partial charge on any atom is -0.483 e. The van der Waals surface area contributed by atoms with Gasteiger partial charge < -0.3 is 4.74 Å². The summed E-state index contributed by atoms with van der Waals surface area (Å²) in [6.45, 7) is 1.84. The van der Waals surface area contributed by atoms with E-state index in [9.17, 15) is 8.42 Å². The van der Waals surface area contributed by atoms with Crippen molar-refractivity contribution in [3.8, 4) is 5.75 Å². The van der Waals surface area contributed by atoms with Crippen molar-refractivity contribution in [2.45, 2.75) is 18.4 Å². The van der Waals surface area contributed by atoms with Crippen LogP contribution < -0.4 is 9.46 Å². The van der Waals surface area contributed by atoms with Crippen molar-refractivity contribution < 1.29 is 13.2 Å². The minimum atomic E-state index is -3.89. The Morgan fingerprint density at radius 3 is 2.77 bits per heavy atom. The third-order valence-corrected chi connectivity index (χ3v) is 5.43. The Labute approximate surface area is 156 Å². The molecule has 7 nitrogen and oxygen atoms in total. The molecule has 2 heterocycles. The van der Waals surface area contributed by atoms with Gasteiger partial charge in [-0.15, -0.1) is 0 Å². The number of halogens is 1. The van der Waals surface area contributed by atoms with Gasteiger partial charge in [-0.1, -0.05) is 23.7 Å². The highest BCUT2D eigenvalue weighted by Crippen LogP contribution is 2.27. The number of pyridine rings is 1. The fourth-order valence-electron chi connectivity index (χ4n) is 2.20. The van der Waals surface area contributed by atoms with Crippen LogP contribution in [0.3, 0.4) is 0 Å². The van der Waals surface area contributed by atoms with E-state index in [1.54, 1.807) is 37.5 Å². The molecule has 0 aliphatic heterocycles. The lowest BCUT2D eigenvalue weighted by Crippen LogP contribution is -2.16. The molecule has 26 heavy (non-hydrogen) atoms. The number of rotatable bonds is 6. The lowest BCUT2D eigenvalue weighted by molar-refractivity contribution is 0.305. The van der Waals surface area contributed by atoms with Crippen molar-refractivity contribution >= 4 is 27.4 Å². The Balaban J connectivity index is 1.85. The largest absolute Gasteiger partial charge is 0.483 e. The third-order valence-electron chi connectivity index (χ3n) is 3.53. The van der Waals surface area contributed by atoms with E-state index >= 15 is 0 Å². The van der Waals surface area contributed by atoms with Crippen molar-refractivity contribution in [3.05, 3.63) is 71.4 Å². The van der Waals surface area contributed by atoms with Crippen LogP contribution in [0.15, 0.2) is 60.1 Å². The second-order valence-electron chi connectivity index (χ2n) is 5.35. The van der Waals surface area contributed by atoms with Gasteiger partial charge in [-0.05, 0) is 30.7 Å². The summed E-state index contributed by atoms with van der Waals surface area (Å²) >= 11 is 6.02. The summed E-state index contributed by atoms with van der Waals surface area (Å²) in [6.07, 6.45) is 5.94. The molecule has 0 atom stereocenters. The molecule has 0 unspecified atom stereocenters. The first-order valence-electron chi connectivity index (χ1n) is 7.57. The maximum atomic E-state index is 12.7.